The molecule has 0 aromatic heterocycles. The first kappa shape index (κ1) is 21.5. The van der Waals surface area contributed by atoms with Gasteiger partial charge in [0.25, 0.3) is 5.91 Å². The van der Waals surface area contributed by atoms with E-state index in [1.165, 1.54) is 19.3 Å². The molecule has 0 radical (unpaired) electrons. The summed E-state index contributed by atoms with van der Waals surface area (Å²) in [6.07, 6.45) is 3.45. The van der Waals surface area contributed by atoms with Gasteiger partial charge in [-0.2, -0.15) is 0 Å². The zero-order valence-corrected chi connectivity index (χ0v) is 15.8. The Hall–Kier alpha value is -2.54. The summed E-state index contributed by atoms with van der Waals surface area (Å²) in [5, 5.41) is 9.61. The summed E-state index contributed by atoms with van der Waals surface area (Å²) in [7, 11) is 1.44. The van der Waals surface area contributed by atoms with Gasteiger partial charge in [-0.05, 0) is 63.9 Å². The van der Waals surface area contributed by atoms with Gasteiger partial charge in [0.2, 0.25) is 0 Å². The summed E-state index contributed by atoms with van der Waals surface area (Å²) >= 11 is 0. The largest absolute Gasteiger partial charge is 0.504 e. The number of phenolic OH excluding ortho intramolecular Hbond substituents is 1. The van der Waals surface area contributed by atoms with Crippen LogP contribution < -0.4 is 10.5 Å². The van der Waals surface area contributed by atoms with Crippen molar-refractivity contribution in [3.63, 3.8) is 0 Å². The van der Waals surface area contributed by atoms with Crippen molar-refractivity contribution < 1.29 is 24.2 Å². The fourth-order valence-corrected chi connectivity index (χ4v) is 2.08. The number of nitrogens with two attached hydrogens (primary N) is 1. The van der Waals surface area contributed by atoms with Crippen molar-refractivity contribution in [3.05, 3.63) is 29.8 Å². The SMILES string of the molecule is COc1cc(/C=C/C(=O)N(CCCCN)C(=O)OC(C)(C)C)ccc1O. The van der Waals surface area contributed by atoms with Gasteiger partial charge in [-0.1, -0.05) is 6.07 Å². The number of imide groups is 1. The Kier molecular flexibility index (Phi) is 8.12. The van der Waals surface area contributed by atoms with Crippen molar-refractivity contribution >= 4 is 18.1 Å². The van der Waals surface area contributed by atoms with E-state index in [4.69, 9.17) is 15.2 Å². The predicted octanol–water partition coefficient (Wildman–Crippen LogP) is 2.92. The minimum atomic E-state index is -0.697. The molecule has 7 nitrogen and oxygen atoms in total. The topological polar surface area (TPSA) is 102 Å². The number of phenols is 1. The lowest BCUT2D eigenvalue weighted by Crippen LogP contribution is -2.40. The number of hydrogen-bond donors (Lipinski definition) is 2. The van der Waals surface area contributed by atoms with Gasteiger partial charge >= 0.3 is 6.09 Å². The van der Waals surface area contributed by atoms with Crippen molar-refractivity contribution in [1.82, 2.24) is 4.90 Å². The molecule has 3 N–H and O–H groups in total. The molecule has 0 heterocycles. The number of aromatic hydroxyl groups is 1. The highest BCUT2D eigenvalue weighted by Crippen LogP contribution is 2.26. The van der Waals surface area contributed by atoms with Crippen molar-refractivity contribution in [2.45, 2.75) is 39.2 Å². The summed E-state index contributed by atoms with van der Waals surface area (Å²) in [5.74, 6) is -0.178. The van der Waals surface area contributed by atoms with E-state index in [0.717, 1.165) is 4.90 Å². The Morgan fingerprint density at radius 1 is 1.27 bits per heavy atom. The minimum Gasteiger partial charge on any atom is -0.504 e. The van der Waals surface area contributed by atoms with E-state index >= 15 is 0 Å². The van der Waals surface area contributed by atoms with Crippen molar-refractivity contribution in [2.24, 2.45) is 5.73 Å². The van der Waals surface area contributed by atoms with Crippen LogP contribution in [0.25, 0.3) is 6.08 Å². The first-order valence-corrected chi connectivity index (χ1v) is 8.47. The molecule has 7 heteroatoms. The van der Waals surface area contributed by atoms with Crippen molar-refractivity contribution in [2.75, 3.05) is 20.2 Å². The molecule has 0 saturated heterocycles. The van der Waals surface area contributed by atoms with Crippen LogP contribution in [0.4, 0.5) is 4.79 Å². The number of ether oxygens (including phenoxy) is 2. The van der Waals surface area contributed by atoms with Gasteiger partial charge in [0, 0.05) is 12.6 Å². The molecule has 0 unspecified atom stereocenters. The summed E-state index contributed by atoms with van der Waals surface area (Å²) in [6, 6.07) is 4.69. The lowest BCUT2D eigenvalue weighted by atomic mass is 10.2. The van der Waals surface area contributed by atoms with E-state index in [2.05, 4.69) is 0 Å². The molecule has 0 atom stereocenters. The molecule has 26 heavy (non-hydrogen) atoms. The highest BCUT2D eigenvalue weighted by molar-refractivity contribution is 6.01. The lowest BCUT2D eigenvalue weighted by Gasteiger charge is -2.25. The molecule has 2 amide bonds. The van der Waals surface area contributed by atoms with Gasteiger partial charge in [0.1, 0.15) is 5.60 Å². The van der Waals surface area contributed by atoms with E-state index in [1.54, 1.807) is 39.0 Å². The first-order valence-electron chi connectivity index (χ1n) is 8.47. The highest BCUT2D eigenvalue weighted by atomic mass is 16.6. The van der Waals surface area contributed by atoms with Crippen LogP contribution in [-0.2, 0) is 9.53 Å². The molecule has 0 aliphatic heterocycles. The minimum absolute atomic E-state index is 0.00754. The third-order valence-electron chi connectivity index (χ3n) is 3.34. The molecule has 1 aromatic rings. The maximum Gasteiger partial charge on any atom is 0.417 e. The molecule has 0 fully saturated rings. The van der Waals surface area contributed by atoms with Crippen LogP contribution in [-0.4, -0.2) is 47.8 Å². The second kappa shape index (κ2) is 9.82. The van der Waals surface area contributed by atoms with Crippen LogP contribution in [0.1, 0.15) is 39.2 Å². The predicted molar refractivity (Wildman–Crippen MR) is 99.9 cm³/mol. The number of carbonyl (C=O) groups is 2. The molecular weight excluding hydrogens is 336 g/mol. The number of hydrogen-bond acceptors (Lipinski definition) is 6. The maximum atomic E-state index is 12.5. The Morgan fingerprint density at radius 3 is 2.54 bits per heavy atom. The average Bonchev–Trinajstić information content (AvgIpc) is 2.56. The fraction of sp³-hybridized carbons (Fsp3) is 0.474. The second-order valence-corrected chi connectivity index (χ2v) is 6.73. The number of nitrogens with zero attached hydrogens (tertiary/aromatic N) is 1. The number of carbonyl (C=O) groups excluding carboxylic acids is 2. The summed E-state index contributed by atoms with van der Waals surface area (Å²) < 4.78 is 10.3. The Morgan fingerprint density at radius 2 is 1.96 bits per heavy atom. The molecule has 1 rings (SSSR count). The number of methoxy groups -OCH3 is 1. The van der Waals surface area contributed by atoms with Crippen molar-refractivity contribution in [1.29, 1.82) is 0 Å². The number of unbranched alkanes of at least 4 members (excludes halogenated alkanes) is 1. The average molecular weight is 364 g/mol. The molecular formula is C19H28N2O5. The van der Waals surface area contributed by atoms with E-state index in [9.17, 15) is 14.7 Å². The van der Waals surface area contributed by atoms with Gasteiger partial charge in [-0.3, -0.25) is 4.79 Å². The molecule has 144 valence electrons. The van der Waals surface area contributed by atoms with Gasteiger partial charge in [-0.15, -0.1) is 0 Å². The monoisotopic (exact) mass is 364 g/mol. The van der Waals surface area contributed by atoms with Gasteiger partial charge in [0.15, 0.2) is 11.5 Å². The van der Waals surface area contributed by atoms with Crippen molar-refractivity contribution in [3.8, 4) is 11.5 Å². The maximum absolute atomic E-state index is 12.5. The first-order chi connectivity index (χ1) is 12.2. The van der Waals surface area contributed by atoms with Crippen LogP contribution in [0.2, 0.25) is 0 Å². The molecule has 0 aliphatic carbocycles. The zero-order chi connectivity index (χ0) is 19.7. The van der Waals surface area contributed by atoms with E-state index < -0.39 is 17.6 Å². The van der Waals surface area contributed by atoms with Crippen LogP contribution in [0.5, 0.6) is 11.5 Å². The van der Waals surface area contributed by atoms with E-state index in [0.29, 0.717) is 30.7 Å². The van der Waals surface area contributed by atoms with Crippen LogP contribution >= 0.6 is 0 Å². The quantitative estimate of drug-likeness (QED) is 0.570. The molecule has 0 spiro atoms. The van der Waals surface area contributed by atoms with Crippen LogP contribution in [0.15, 0.2) is 24.3 Å². The number of amides is 2. The second-order valence-electron chi connectivity index (χ2n) is 6.73. The molecule has 0 saturated carbocycles. The highest BCUT2D eigenvalue weighted by Gasteiger charge is 2.25. The fourth-order valence-electron chi connectivity index (χ4n) is 2.08. The van der Waals surface area contributed by atoms with E-state index in [1.807, 2.05) is 0 Å². The standard InChI is InChI=1S/C19H28N2O5/c1-19(2,3)26-18(24)21(12-6-5-11-20)17(23)10-8-14-7-9-15(22)16(13-14)25-4/h7-10,13,22H,5-6,11-12,20H2,1-4H3/b10-8+. The van der Waals surface area contributed by atoms with Gasteiger partial charge in [0.05, 0.1) is 7.11 Å². The third kappa shape index (κ3) is 7.14. The molecule has 1 aromatic carbocycles. The molecule has 0 aliphatic rings. The third-order valence-corrected chi connectivity index (χ3v) is 3.34. The van der Waals surface area contributed by atoms with Crippen LogP contribution in [0, 0.1) is 0 Å². The van der Waals surface area contributed by atoms with Gasteiger partial charge in [-0.25, -0.2) is 9.69 Å². The number of rotatable bonds is 7. The smallest absolute Gasteiger partial charge is 0.417 e. The lowest BCUT2D eigenvalue weighted by molar-refractivity contribution is -0.125. The van der Waals surface area contributed by atoms with Gasteiger partial charge < -0.3 is 20.3 Å². The Bertz CT molecular complexity index is 650. The summed E-state index contributed by atoms with van der Waals surface area (Å²) in [4.78, 5) is 25.9. The Balaban J connectivity index is 2.91. The van der Waals surface area contributed by atoms with Crippen LogP contribution in [0.3, 0.4) is 0 Å². The molecule has 0 bridgehead atoms. The number of benzene rings is 1. The summed E-state index contributed by atoms with van der Waals surface area (Å²) in [5.41, 5.74) is 5.43. The zero-order valence-electron chi connectivity index (χ0n) is 15.8. The summed E-state index contributed by atoms with van der Waals surface area (Å²) in [6.45, 7) is 5.94. The van der Waals surface area contributed by atoms with E-state index in [-0.39, 0.29) is 12.3 Å². The Labute approximate surface area is 154 Å². The normalized spacial score (nSPS) is 11.4.